The molecular formula is C16H11Cl2N. The van der Waals surface area contributed by atoms with Crippen molar-refractivity contribution in [3.05, 3.63) is 69.2 Å². The summed E-state index contributed by atoms with van der Waals surface area (Å²) in [6, 6.07) is 15.3. The molecule has 0 aliphatic carbocycles. The first-order chi connectivity index (χ1) is 9.10. The molecule has 94 valence electrons. The summed E-state index contributed by atoms with van der Waals surface area (Å²) in [5.74, 6) is 0. The van der Waals surface area contributed by atoms with Gasteiger partial charge in [-0.3, -0.25) is 0 Å². The maximum atomic E-state index is 9.26. The highest BCUT2D eigenvalue weighted by molar-refractivity contribution is 6.42. The van der Waals surface area contributed by atoms with Crippen LogP contribution >= 0.6 is 23.2 Å². The number of hydrogen-bond donors (Lipinski definition) is 0. The van der Waals surface area contributed by atoms with Crippen LogP contribution < -0.4 is 0 Å². The Kier molecular flexibility index (Phi) is 4.27. The van der Waals surface area contributed by atoms with E-state index in [1.165, 1.54) is 0 Å². The van der Waals surface area contributed by atoms with Gasteiger partial charge in [0.2, 0.25) is 0 Å². The third-order valence-electron chi connectivity index (χ3n) is 2.74. The topological polar surface area (TPSA) is 23.8 Å². The SMILES string of the molecule is Cc1ccc(/C(C#N)=C\c2ccc(Cl)c(Cl)c2)cc1. The quantitative estimate of drug-likeness (QED) is 0.538. The Morgan fingerprint density at radius 2 is 1.74 bits per heavy atom. The largest absolute Gasteiger partial charge is 0.192 e. The van der Waals surface area contributed by atoms with E-state index in [2.05, 4.69) is 6.07 Å². The highest BCUT2D eigenvalue weighted by atomic mass is 35.5. The van der Waals surface area contributed by atoms with Gasteiger partial charge in [0, 0.05) is 0 Å². The molecule has 0 saturated carbocycles. The Morgan fingerprint density at radius 1 is 1.05 bits per heavy atom. The van der Waals surface area contributed by atoms with E-state index in [1.54, 1.807) is 18.2 Å². The summed E-state index contributed by atoms with van der Waals surface area (Å²) in [7, 11) is 0. The van der Waals surface area contributed by atoms with E-state index < -0.39 is 0 Å². The van der Waals surface area contributed by atoms with Crippen LogP contribution in [0.25, 0.3) is 11.6 Å². The standard InChI is InChI=1S/C16H11Cl2N/c1-11-2-5-13(6-3-11)14(10-19)8-12-4-7-15(17)16(18)9-12/h2-9H,1H3/b14-8-. The van der Waals surface area contributed by atoms with Gasteiger partial charge in [-0.05, 0) is 36.3 Å². The van der Waals surface area contributed by atoms with Gasteiger partial charge in [0.05, 0.1) is 21.7 Å². The van der Waals surface area contributed by atoms with E-state index in [0.717, 1.165) is 16.7 Å². The fourth-order valence-electron chi connectivity index (χ4n) is 1.68. The van der Waals surface area contributed by atoms with Crippen molar-refractivity contribution >= 4 is 34.9 Å². The number of nitrogens with zero attached hydrogens (tertiary/aromatic N) is 1. The Morgan fingerprint density at radius 3 is 2.32 bits per heavy atom. The number of aryl methyl sites for hydroxylation is 1. The monoisotopic (exact) mass is 287 g/mol. The van der Waals surface area contributed by atoms with Crippen LogP contribution in [0.15, 0.2) is 42.5 Å². The zero-order valence-electron chi connectivity index (χ0n) is 10.3. The van der Waals surface area contributed by atoms with E-state index in [4.69, 9.17) is 23.2 Å². The third-order valence-corrected chi connectivity index (χ3v) is 3.48. The lowest BCUT2D eigenvalue weighted by Crippen LogP contribution is -1.83. The van der Waals surface area contributed by atoms with Crippen LogP contribution in [0.5, 0.6) is 0 Å². The first-order valence-electron chi connectivity index (χ1n) is 5.74. The zero-order valence-corrected chi connectivity index (χ0v) is 11.8. The van der Waals surface area contributed by atoms with Gasteiger partial charge in [0.1, 0.15) is 0 Å². The molecule has 0 N–H and O–H groups in total. The van der Waals surface area contributed by atoms with Crippen molar-refractivity contribution in [2.75, 3.05) is 0 Å². The fourth-order valence-corrected chi connectivity index (χ4v) is 1.99. The lowest BCUT2D eigenvalue weighted by molar-refractivity contribution is 1.45. The molecule has 0 heterocycles. The lowest BCUT2D eigenvalue weighted by atomic mass is 10.0. The molecule has 19 heavy (non-hydrogen) atoms. The first kappa shape index (κ1) is 13.7. The third kappa shape index (κ3) is 3.38. The molecule has 0 radical (unpaired) electrons. The minimum Gasteiger partial charge on any atom is -0.192 e. The molecule has 0 spiro atoms. The molecule has 0 aliphatic heterocycles. The van der Waals surface area contributed by atoms with Crippen molar-refractivity contribution in [1.82, 2.24) is 0 Å². The van der Waals surface area contributed by atoms with Gasteiger partial charge in [-0.1, -0.05) is 59.1 Å². The van der Waals surface area contributed by atoms with Gasteiger partial charge < -0.3 is 0 Å². The van der Waals surface area contributed by atoms with Crippen molar-refractivity contribution < 1.29 is 0 Å². The van der Waals surface area contributed by atoms with Crippen molar-refractivity contribution in [3.63, 3.8) is 0 Å². The second-order valence-corrected chi connectivity index (χ2v) is 5.02. The van der Waals surface area contributed by atoms with Gasteiger partial charge in [0.25, 0.3) is 0 Å². The lowest BCUT2D eigenvalue weighted by Gasteiger charge is -2.02. The number of halogens is 2. The minimum atomic E-state index is 0.483. The predicted molar refractivity (Wildman–Crippen MR) is 81.1 cm³/mol. The zero-order chi connectivity index (χ0) is 13.8. The molecule has 0 aliphatic rings. The number of allylic oxidation sites excluding steroid dienone is 1. The molecular weight excluding hydrogens is 277 g/mol. The molecule has 2 aromatic carbocycles. The van der Waals surface area contributed by atoms with Crippen LogP contribution in [0, 0.1) is 18.3 Å². The summed E-state index contributed by atoms with van der Waals surface area (Å²) in [5.41, 5.74) is 3.50. The van der Waals surface area contributed by atoms with Crippen LogP contribution in [-0.4, -0.2) is 0 Å². The van der Waals surface area contributed by atoms with Crippen LogP contribution in [-0.2, 0) is 0 Å². The van der Waals surface area contributed by atoms with Crippen molar-refractivity contribution in [2.45, 2.75) is 6.92 Å². The molecule has 1 nitrogen and oxygen atoms in total. The van der Waals surface area contributed by atoms with E-state index in [0.29, 0.717) is 15.6 Å². The van der Waals surface area contributed by atoms with E-state index in [-0.39, 0.29) is 0 Å². The maximum Gasteiger partial charge on any atom is 0.0998 e. The second-order valence-electron chi connectivity index (χ2n) is 4.21. The summed E-state index contributed by atoms with van der Waals surface area (Å²) >= 11 is 11.8. The molecule has 2 rings (SSSR count). The predicted octanol–water partition coefficient (Wildman–Crippen LogP) is 5.37. The van der Waals surface area contributed by atoms with E-state index in [9.17, 15) is 5.26 Å². The first-order valence-corrected chi connectivity index (χ1v) is 6.49. The van der Waals surface area contributed by atoms with Crippen LogP contribution in [0.3, 0.4) is 0 Å². The fraction of sp³-hybridized carbons (Fsp3) is 0.0625. The summed E-state index contributed by atoms with van der Waals surface area (Å²) in [5, 5.41) is 10.2. The molecule has 0 bridgehead atoms. The van der Waals surface area contributed by atoms with Crippen LogP contribution in [0.2, 0.25) is 10.0 Å². The number of rotatable bonds is 2. The van der Waals surface area contributed by atoms with Gasteiger partial charge >= 0.3 is 0 Å². The second kappa shape index (κ2) is 5.93. The Hall–Kier alpha value is -1.75. The average molecular weight is 288 g/mol. The summed E-state index contributed by atoms with van der Waals surface area (Å²) in [4.78, 5) is 0. The Labute approximate surface area is 122 Å². The van der Waals surface area contributed by atoms with Gasteiger partial charge in [-0.25, -0.2) is 0 Å². The highest BCUT2D eigenvalue weighted by Crippen LogP contribution is 2.25. The number of benzene rings is 2. The molecule has 2 aromatic rings. The van der Waals surface area contributed by atoms with Gasteiger partial charge in [0.15, 0.2) is 0 Å². The van der Waals surface area contributed by atoms with Gasteiger partial charge in [-0.2, -0.15) is 5.26 Å². The molecule has 0 amide bonds. The van der Waals surface area contributed by atoms with E-state index in [1.807, 2.05) is 37.3 Å². The molecule has 3 heteroatoms. The number of hydrogen-bond acceptors (Lipinski definition) is 1. The Balaban J connectivity index is 2.41. The summed E-state index contributed by atoms with van der Waals surface area (Å²) in [6.07, 6.45) is 1.80. The number of nitriles is 1. The highest BCUT2D eigenvalue weighted by Gasteiger charge is 2.02. The maximum absolute atomic E-state index is 9.26. The minimum absolute atomic E-state index is 0.483. The molecule has 0 fully saturated rings. The van der Waals surface area contributed by atoms with Gasteiger partial charge in [-0.15, -0.1) is 0 Å². The normalized spacial score (nSPS) is 11.2. The van der Waals surface area contributed by atoms with Crippen molar-refractivity contribution in [3.8, 4) is 6.07 Å². The molecule has 0 atom stereocenters. The summed E-state index contributed by atoms with van der Waals surface area (Å²) in [6.45, 7) is 2.01. The Bertz CT molecular complexity index is 664. The van der Waals surface area contributed by atoms with Crippen LogP contribution in [0.1, 0.15) is 16.7 Å². The van der Waals surface area contributed by atoms with Crippen LogP contribution in [0.4, 0.5) is 0 Å². The van der Waals surface area contributed by atoms with Crippen molar-refractivity contribution in [2.24, 2.45) is 0 Å². The molecule has 0 aromatic heterocycles. The van der Waals surface area contributed by atoms with E-state index >= 15 is 0 Å². The molecule has 0 saturated heterocycles. The average Bonchev–Trinajstić information content (AvgIpc) is 2.41. The molecule has 0 unspecified atom stereocenters. The summed E-state index contributed by atoms with van der Waals surface area (Å²) < 4.78 is 0. The van der Waals surface area contributed by atoms with Crippen molar-refractivity contribution in [1.29, 1.82) is 5.26 Å². The smallest absolute Gasteiger partial charge is 0.0998 e.